The summed E-state index contributed by atoms with van der Waals surface area (Å²) in [5.41, 5.74) is 5.38. The molecule has 138 valence electrons. The number of nitrogens with zero attached hydrogens (tertiary/aromatic N) is 4. The molecule has 1 heterocycles. The molecule has 3 N–H and O–H groups in total. The summed E-state index contributed by atoms with van der Waals surface area (Å²) in [6.45, 7) is 2.13. The molecule has 0 aliphatic carbocycles. The van der Waals surface area contributed by atoms with Crippen LogP contribution in [0.25, 0.3) is 0 Å². The maximum atomic E-state index is 11.4. The van der Waals surface area contributed by atoms with Gasteiger partial charge in [0.05, 0.1) is 22.1 Å². The first-order chi connectivity index (χ1) is 12.4. The zero-order valence-corrected chi connectivity index (χ0v) is 14.0. The van der Waals surface area contributed by atoms with Crippen LogP contribution in [0.5, 0.6) is 0 Å². The lowest BCUT2D eigenvalue weighted by molar-refractivity contribution is -0.384. The van der Waals surface area contributed by atoms with Crippen LogP contribution >= 0.6 is 0 Å². The lowest BCUT2D eigenvalue weighted by atomic mass is 10.3. The van der Waals surface area contributed by atoms with Gasteiger partial charge in [-0.1, -0.05) is 0 Å². The van der Waals surface area contributed by atoms with Crippen LogP contribution in [0.4, 0.5) is 28.7 Å². The van der Waals surface area contributed by atoms with E-state index in [4.69, 9.17) is 4.74 Å². The molecule has 1 unspecified atom stereocenters. The van der Waals surface area contributed by atoms with Crippen molar-refractivity contribution >= 4 is 28.7 Å². The average molecular weight is 363 g/mol. The molecule has 0 aliphatic heterocycles. The summed E-state index contributed by atoms with van der Waals surface area (Å²) < 4.78 is 4.99. The monoisotopic (exact) mass is 363 g/mol. The van der Waals surface area contributed by atoms with Gasteiger partial charge in [-0.05, 0) is 19.1 Å². The van der Waals surface area contributed by atoms with Crippen LogP contribution < -0.4 is 16.2 Å². The van der Waals surface area contributed by atoms with Crippen molar-refractivity contribution in [2.24, 2.45) is 0 Å². The third kappa shape index (κ3) is 4.73. The molecule has 0 spiro atoms. The number of benzene rings is 1. The molecule has 2 rings (SSSR count). The minimum absolute atomic E-state index is 0.0440. The zero-order chi connectivity index (χ0) is 19.1. The normalized spacial score (nSPS) is 11.5. The van der Waals surface area contributed by atoms with Gasteiger partial charge in [0.15, 0.2) is 0 Å². The Balaban J connectivity index is 2.17. The van der Waals surface area contributed by atoms with Crippen LogP contribution in [-0.2, 0) is 4.74 Å². The van der Waals surface area contributed by atoms with E-state index < -0.39 is 9.85 Å². The standard InChI is InChI=1S/C14H17N7O5/c1-9(7-26-2)17-13-12(21(24)25)14(16-8-15-13)19-18-10-3-5-11(6-4-10)20(22)23/h3-6,8-9,18H,7H2,1-2H3,(H2,15,16,17,19). The first-order valence-electron chi connectivity index (χ1n) is 7.43. The van der Waals surface area contributed by atoms with Crippen molar-refractivity contribution < 1.29 is 14.6 Å². The fraction of sp³-hybridized carbons (Fsp3) is 0.286. The maximum Gasteiger partial charge on any atom is 0.354 e. The van der Waals surface area contributed by atoms with E-state index >= 15 is 0 Å². The van der Waals surface area contributed by atoms with Crippen molar-refractivity contribution in [3.8, 4) is 0 Å². The van der Waals surface area contributed by atoms with Gasteiger partial charge in [-0.15, -0.1) is 0 Å². The third-order valence-corrected chi connectivity index (χ3v) is 3.21. The molecule has 0 amide bonds. The summed E-state index contributed by atoms with van der Waals surface area (Å²) in [6, 6.07) is 5.31. The van der Waals surface area contributed by atoms with Gasteiger partial charge >= 0.3 is 5.69 Å². The second-order valence-corrected chi connectivity index (χ2v) is 5.23. The van der Waals surface area contributed by atoms with Crippen LogP contribution in [0.2, 0.25) is 0 Å². The molecule has 1 atom stereocenters. The van der Waals surface area contributed by atoms with Gasteiger partial charge in [-0.25, -0.2) is 9.97 Å². The molecule has 2 aromatic rings. The number of hydrazine groups is 1. The smallest absolute Gasteiger partial charge is 0.354 e. The van der Waals surface area contributed by atoms with E-state index in [0.29, 0.717) is 12.3 Å². The van der Waals surface area contributed by atoms with Crippen molar-refractivity contribution in [2.75, 3.05) is 29.9 Å². The summed E-state index contributed by atoms with van der Waals surface area (Å²) in [7, 11) is 1.52. The number of non-ortho nitro benzene ring substituents is 1. The first kappa shape index (κ1) is 18.8. The molecule has 26 heavy (non-hydrogen) atoms. The number of ether oxygens (including phenoxy) is 1. The average Bonchev–Trinajstić information content (AvgIpc) is 2.60. The largest absolute Gasteiger partial charge is 0.383 e. The zero-order valence-electron chi connectivity index (χ0n) is 14.0. The van der Waals surface area contributed by atoms with Gasteiger partial charge < -0.3 is 10.1 Å². The quantitative estimate of drug-likeness (QED) is 0.445. The lowest BCUT2D eigenvalue weighted by Gasteiger charge is -2.15. The molecule has 0 saturated heterocycles. The predicted octanol–water partition coefficient (Wildman–Crippen LogP) is 2.18. The first-order valence-corrected chi connectivity index (χ1v) is 7.43. The van der Waals surface area contributed by atoms with Crippen molar-refractivity contribution in [3.63, 3.8) is 0 Å². The van der Waals surface area contributed by atoms with Gasteiger partial charge in [0.1, 0.15) is 6.33 Å². The third-order valence-electron chi connectivity index (χ3n) is 3.21. The van der Waals surface area contributed by atoms with E-state index in [1.54, 1.807) is 6.92 Å². The Morgan fingerprint density at radius 3 is 2.31 bits per heavy atom. The number of aromatic nitrogens is 2. The number of hydrogen-bond acceptors (Lipinski definition) is 10. The summed E-state index contributed by atoms with van der Waals surface area (Å²) in [5, 5.41) is 25.0. The molecule has 0 saturated carbocycles. The predicted molar refractivity (Wildman–Crippen MR) is 94.0 cm³/mol. The number of rotatable bonds is 9. The van der Waals surface area contributed by atoms with Gasteiger partial charge in [-0.2, -0.15) is 0 Å². The topological polar surface area (TPSA) is 157 Å². The molecule has 12 nitrogen and oxygen atoms in total. The highest BCUT2D eigenvalue weighted by Gasteiger charge is 2.24. The molecule has 0 aliphatic rings. The Morgan fingerprint density at radius 2 is 1.73 bits per heavy atom. The Hall–Kier alpha value is -3.54. The Morgan fingerprint density at radius 1 is 1.08 bits per heavy atom. The number of methoxy groups -OCH3 is 1. The van der Waals surface area contributed by atoms with Gasteiger partial charge in [0, 0.05) is 25.3 Å². The number of anilines is 3. The van der Waals surface area contributed by atoms with E-state index in [-0.39, 0.29) is 29.1 Å². The minimum atomic E-state index is -0.609. The Kier molecular flexibility index (Phi) is 6.16. The van der Waals surface area contributed by atoms with Gasteiger partial charge in [0.25, 0.3) is 5.69 Å². The molecule has 0 fully saturated rings. The van der Waals surface area contributed by atoms with E-state index in [2.05, 4.69) is 26.1 Å². The van der Waals surface area contributed by atoms with Crippen molar-refractivity contribution in [3.05, 3.63) is 50.8 Å². The molecule has 1 aromatic heterocycles. The van der Waals surface area contributed by atoms with Gasteiger partial charge in [-0.3, -0.25) is 31.1 Å². The maximum absolute atomic E-state index is 11.4. The number of hydrogen-bond donors (Lipinski definition) is 3. The second-order valence-electron chi connectivity index (χ2n) is 5.23. The molecule has 12 heteroatoms. The van der Waals surface area contributed by atoms with Crippen LogP contribution in [0.15, 0.2) is 30.6 Å². The number of nitro benzene ring substituents is 1. The highest BCUT2D eigenvalue weighted by atomic mass is 16.6. The van der Waals surface area contributed by atoms with Crippen LogP contribution in [0, 0.1) is 20.2 Å². The summed E-state index contributed by atoms with van der Waals surface area (Å²) in [6.07, 6.45) is 1.18. The minimum Gasteiger partial charge on any atom is -0.383 e. The van der Waals surface area contributed by atoms with Crippen molar-refractivity contribution in [1.82, 2.24) is 9.97 Å². The van der Waals surface area contributed by atoms with Crippen LogP contribution in [0.1, 0.15) is 6.92 Å². The van der Waals surface area contributed by atoms with E-state index in [1.165, 1.54) is 37.7 Å². The van der Waals surface area contributed by atoms with Crippen molar-refractivity contribution in [2.45, 2.75) is 13.0 Å². The summed E-state index contributed by atoms with van der Waals surface area (Å²) in [4.78, 5) is 28.7. The van der Waals surface area contributed by atoms with E-state index in [1.807, 2.05) is 0 Å². The SMILES string of the molecule is COCC(C)Nc1ncnc(NNc2ccc([N+](=O)[O-])cc2)c1[N+](=O)[O-]. The van der Waals surface area contributed by atoms with Gasteiger partial charge in [0.2, 0.25) is 11.6 Å². The molecular formula is C14H17N7O5. The Labute approximate surface area is 147 Å². The molecule has 0 bridgehead atoms. The number of nitro groups is 2. The fourth-order valence-electron chi connectivity index (χ4n) is 2.07. The van der Waals surface area contributed by atoms with Crippen LogP contribution in [-0.4, -0.2) is 39.6 Å². The highest BCUT2D eigenvalue weighted by molar-refractivity contribution is 5.70. The fourth-order valence-corrected chi connectivity index (χ4v) is 2.07. The molecule has 1 aromatic carbocycles. The summed E-state index contributed by atoms with van der Waals surface area (Å²) in [5.74, 6) is -0.0157. The Bertz CT molecular complexity index is 784. The van der Waals surface area contributed by atoms with E-state index in [9.17, 15) is 20.2 Å². The van der Waals surface area contributed by atoms with Crippen LogP contribution in [0.3, 0.4) is 0 Å². The summed E-state index contributed by atoms with van der Waals surface area (Å²) >= 11 is 0. The van der Waals surface area contributed by atoms with Crippen molar-refractivity contribution in [1.29, 1.82) is 0 Å². The second kappa shape index (κ2) is 8.53. The lowest BCUT2D eigenvalue weighted by Crippen LogP contribution is -2.23. The van der Waals surface area contributed by atoms with E-state index in [0.717, 1.165) is 0 Å². The highest BCUT2D eigenvalue weighted by Crippen LogP contribution is 2.29. The molecular weight excluding hydrogens is 346 g/mol. The molecule has 0 radical (unpaired) electrons. The number of nitrogens with one attached hydrogen (secondary N) is 3.